The molecule has 0 aliphatic carbocycles. The van der Waals surface area contributed by atoms with E-state index in [0.29, 0.717) is 6.04 Å². The number of nitrogens with one attached hydrogen (secondary N) is 1. The fourth-order valence-corrected chi connectivity index (χ4v) is 2.30. The van der Waals surface area contributed by atoms with Gasteiger partial charge in [0.2, 0.25) is 0 Å². The number of hydrogen-bond donors (Lipinski definition) is 1. The second-order valence-corrected chi connectivity index (χ2v) is 4.67. The molecule has 0 radical (unpaired) electrons. The van der Waals surface area contributed by atoms with E-state index in [2.05, 4.69) is 28.3 Å². The molecule has 1 aromatic rings. The van der Waals surface area contributed by atoms with E-state index >= 15 is 0 Å². The van der Waals surface area contributed by atoms with E-state index in [1.165, 1.54) is 31.6 Å². The van der Waals surface area contributed by atoms with Crippen molar-refractivity contribution in [1.82, 2.24) is 20.0 Å². The number of nitrogens with zero attached hydrogens (tertiary/aromatic N) is 3. The molecule has 1 atom stereocenters. The molecule has 0 bridgehead atoms. The Kier molecular flexibility index (Phi) is 3.96. The smallest absolute Gasteiger partial charge is 0.0518 e. The molecule has 1 aromatic heterocycles. The highest BCUT2D eigenvalue weighted by Crippen LogP contribution is 2.10. The van der Waals surface area contributed by atoms with Crippen LogP contribution in [0.5, 0.6) is 0 Å². The molecule has 2 rings (SSSR count). The van der Waals surface area contributed by atoms with Gasteiger partial charge in [0, 0.05) is 32.4 Å². The lowest BCUT2D eigenvalue weighted by atomic mass is 10.3. The Bertz CT molecular complexity index is 315. The molecule has 4 heteroatoms. The summed E-state index contributed by atoms with van der Waals surface area (Å²) in [6.07, 6.45) is 4.58. The Morgan fingerprint density at radius 1 is 1.44 bits per heavy atom. The average molecular weight is 222 g/mol. The van der Waals surface area contributed by atoms with Crippen LogP contribution in [-0.2, 0) is 13.6 Å². The standard InChI is InChI=1S/C12H22N4/c1-11(16-7-3-4-8-16)9-13-10-12-5-6-14-15(12)2/h5-6,11,13H,3-4,7-10H2,1-2H3. The first kappa shape index (κ1) is 11.6. The van der Waals surface area contributed by atoms with Gasteiger partial charge in [-0.2, -0.15) is 5.10 Å². The maximum atomic E-state index is 4.16. The van der Waals surface area contributed by atoms with E-state index in [1.54, 1.807) is 0 Å². The van der Waals surface area contributed by atoms with Crippen LogP contribution in [0.3, 0.4) is 0 Å². The second kappa shape index (κ2) is 5.46. The lowest BCUT2D eigenvalue weighted by Crippen LogP contribution is -2.38. The van der Waals surface area contributed by atoms with Crippen molar-refractivity contribution in [2.75, 3.05) is 19.6 Å². The van der Waals surface area contributed by atoms with Crippen LogP contribution in [0.4, 0.5) is 0 Å². The van der Waals surface area contributed by atoms with Gasteiger partial charge in [-0.05, 0) is 38.9 Å². The molecule has 1 aliphatic rings. The largest absolute Gasteiger partial charge is 0.310 e. The summed E-state index contributed by atoms with van der Waals surface area (Å²) in [6.45, 7) is 6.82. The van der Waals surface area contributed by atoms with E-state index in [0.717, 1.165) is 13.1 Å². The number of likely N-dealkylation sites (tertiary alicyclic amines) is 1. The van der Waals surface area contributed by atoms with Crippen LogP contribution in [0.25, 0.3) is 0 Å². The maximum Gasteiger partial charge on any atom is 0.0518 e. The van der Waals surface area contributed by atoms with E-state index in [1.807, 2.05) is 17.9 Å². The molecule has 1 unspecified atom stereocenters. The Labute approximate surface area is 97.6 Å². The summed E-state index contributed by atoms with van der Waals surface area (Å²) >= 11 is 0. The van der Waals surface area contributed by atoms with Crippen LogP contribution in [0.1, 0.15) is 25.5 Å². The average Bonchev–Trinajstić information content (AvgIpc) is 2.90. The zero-order valence-electron chi connectivity index (χ0n) is 10.3. The highest BCUT2D eigenvalue weighted by atomic mass is 15.3. The van der Waals surface area contributed by atoms with Gasteiger partial charge in [-0.1, -0.05) is 0 Å². The van der Waals surface area contributed by atoms with Gasteiger partial charge in [0.25, 0.3) is 0 Å². The van der Waals surface area contributed by atoms with E-state index in [9.17, 15) is 0 Å². The molecule has 1 N–H and O–H groups in total. The quantitative estimate of drug-likeness (QED) is 0.806. The topological polar surface area (TPSA) is 33.1 Å². The van der Waals surface area contributed by atoms with Crippen molar-refractivity contribution in [3.8, 4) is 0 Å². The highest BCUT2D eigenvalue weighted by Gasteiger charge is 2.17. The molecule has 1 aliphatic heterocycles. The fraction of sp³-hybridized carbons (Fsp3) is 0.750. The van der Waals surface area contributed by atoms with Crippen LogP contribution in [0.15, 0.2) is 12.3 Å². The highest BCUT2D eigenvalue weighted by molar-refractivity contribution is 4.99. The summed E-state index contributed by atoms with van der Waals surface area (Å²) in [7, 11) is 1.99. The van der Waals surface area contributed by atoms with E-state index in [4.69, 9.17) is 0 Å². The van der Waals surface area contributed by atoms with Crippen molar-refractivity contribution in [3.05, 3.63) is 18.0 Å². The van der Waals surface area contributed by atoms with Crippen LogP contribution >= 0.6 is 0 Å². The van der Waals surface area contributed by atoms with Gasteiger partial charge < -0.3 is 5.32 Å². The summed E-state index contributed by atoms with van der Waals surface area (Å²) in [5.74, 6) is 0. The van der Waals surface area contributed by atoms with Crippen molar-refractivity contribution in [3.63, 3.8) is 0 Å². The molecule has 0 saturated carbocycles. The van der Waals surface area contributed by atoms with Crippen LogP contribution in [0, 0.1) is 0 Å². The monoisotopic (exact) mass is 222 g/mol. The molecular weight excluding hydrogens is 200 g/mol. The van der Waals surface area contributed by atoms with Crippen molar-refractivity contribution in [2.24, 2.45) is 7.05 Å². The van der Waals surface area contributed by atoms with Gasteiger partial charge >= 0.3 is 0 Å². The Morgan fingerprint density at radius 2 is 2.19 bits per heavy atom. The van der Waals surface area contributed by atoms with Crippen molar-refractivity contribution >= 4 is 0 Å². The SMILES string of the molecule is CC(CNCc1ccnn1C)N1CCCC1. The lowest BCUT2D eigenvalue weighted by molar-refractivity contribution is 0.251. The molecule has 0 amide bonds. The predicted octanol–water partition coefficient (Wildman–Crippen LogP) is 0.994. The van der Waals surface area contributed by atoms with Gasteiger partial charge in [0.15, 0.2) is 0 Å². The van der Waals surface area contributed by atoms with Crippen LogP contribution < -0.4 is 5.32 Å². The Balaban J connectivity index is 1.69. The van der Waals surface area contributed by atoms with Gasteiger partial charge in [-0.3, -0.25) is 9.58 Å². The second-order valence-electron chi connectivity index (χ2n) is 4.67. The fourth-order valence-electron chi connectivity index (χ4n) is 2.30. The normalized spacial score (nSPS) is 19.1. The summed E-state index contributed by atoms with van der Waals surface area (Å²) < 4.78 is 1.92. The number of rotatable bonds is 5. The van der Waals surface area contributed by atoms with E-state index < -0.39 is 0 Å². The third kappa shape index (κ3) is 2.83. The number of aromatic nitrogens is 2. The molecule has 1 fully saturated rings. The van der Waals surface area contributed by atoms with Crippen LogP contribution in [0.2, 0.25) is 0 Å². The molecular formula is C12H22N4. The molecule has 1 saturated heterocycles. The number of aryl methyl sites for hydroxylation is 1. The first-order chi connectivity index (χ1) is 7.77. The van der Waals surface area contributed by atoms with Crippen LogP contribution in [-0.4, -0.2) is 40.4 Å². The first-order valence-electron chi connectivity index (χ1n) is 6.19. The van der Waals surface area contributed by atoms with Crippen molar-refractivity contribution in [1.29, 1.82) is 0 Å². The Hall–Kier alpha value is -0.870. The minimum absolute atomic E-state index is 0.649. The number of hydrogen-bond acceptors (Lipinski definition) is 3. The van der Waals surface area contributed by atoms with Crippen molar-refractivity contribution in [2.45, 2.75) is 32.4 Å². The predicted molar refractivity (Wildman–Crippen MR) is 65.2 cm³/mol. The summed E-state index contributed by atoms with van der Waals surface area (Å²) in [6, 6.07) is 2.71. The Morgan fingerprint density at radius 3 is 2.81 bits per heavy atom. The minimum atomic E-state index is 0.649. The summed E-state index contributed by atoms with van der Waals surface area (Å²) in [5, 5.41) is 7.66. The lowest BCUT2D eigenvalue weighted by Gasteiger charge is -2.23. The maximum absolute atomic E-state index is 4.16. The summed E-state index contributed by atoms with van der Waals surface area (Å²) in [4.78, 5) is 2.57. The molecule has 4 nitrogen and oxygen atoms in total. The minimum Gasteiger partial charge on any atom is -0.310 e. The van der Waals surface area contributed by atoms with Gasteiger partial charge in [0.05, 0.1) is 5.69 Å². The first-order valence-corrected chi connectivity index (χ1v) is 6.19. The zero-order valence-corrected chi connectivity index (χ0v) is 10.3. The molecule has 90 valence electrons. The molecule has 2 heterocycles. The third-order valence-corrected chi connectivity index (χ3v) is 3.43. The van der Waals surface area contributed by atoms with E-state index in [-0.39, 0.29) is 0 Å². The van der Waals surface area contributed by atoms with Gasteiger partial charge in [0.1, 0.15) is 0 Å². The summed E-state index contributed by atoms with van der Waals surface area (Å²) in [5.41, 5.74) is 1.24. The van der Waals surface area contributed by atoms with Gasteiger partial charge in [-0.25, -0.2) is 0 Å². The van der Waals surface area contributed by atoms with Gasteiger partial charge in [-0.15, -0.1) is 0 Å². The third-order valence-electron chi connectivity index (χ3n) is 3.43. The molecule has 0 aromatic carbocycles. The zero-order chi connectivity index (χ0) is 11.4. The molecule has 0 spiro atoms. The van der Waals surface area contributed by atoms with Crippen molar-refractivity contribution < 1.29 is 0 Å². The molecule has 16 heavy (non-hydrogen) atoms.